The van der Waals surface area contributed by atoms with Crippen LogP contribution in [0.3, 0.4) is 0 Å². The van der Waals surface area contributed by atoms with Crippen LogP contribution in [0.2, 0.25) is 0 Å². The SMILES string of the molecule is CCCc1ccc(OCC(=O)Nc2cccc(-c3csc(-c4ccncc4)n3)c2)cc1. The van der Waals surface area contributed by atoms with Gasteiger partial charge in [-0.15, -0.1) is 11.3 Å². The zero-order chi connectivity index (χ0) is 21.5. The van der Waals surface area contributed by atoms with Crippen molar-refractivity contribution in [2.45, 2.75) is 19.8 Å². The van der Waals surface area contributed by atoms with Crippen molar-refractivity contribution < 1.29 is 9.53 Å². The van der Waals surface area contributed by atoms with Crippen molar-refractivity contribution in [1.29, 1.82) is 0 Å². The van der Waals surface area contributed by atoms with Gasteiger partial charge in [0.25, 0.3) is 5.91 Å². The van der Waals surface area contributed by atoms with Crippen LogP contribution >= 0.6 is 11.3 Å². The van der Waals surface area contributed by atoms with Gasteiger partial charge in [0.15, 0.2) is 6.61 Å². The first-order valence-corrected chi connectivity index (χ1v) is 11.1. The number of rotatable bonds is 8. The van der Waals surface area contributed by atoms with Crippen LogP contribution in [-0.2, 0) is 11.2 Å². The minimum Gasteiger partial charge on any atom is -0.484 e. The van der Waals surface area contributed by atoms with Crippen molar-refractivity contribution in [3.8, 4) is 27.6 Å². The molecule has 4 aromatic rings. The molecule has 4 rings (SSSR count). The fourth-order valence-electron chi connectivity index (χ4n) is 3.18. The normalized spacial score (nSPS) is 10.6. The van der Waals surface area contributed by atoms with Gasteiger partial charge < -0.3 is 10.1 Å². The highest BCUT2D eigenvalue weighted by Crippen LogP contribution is 2.29. The predicted molar refractivity (Wildman–Crippen MR) is 125 cm³/mol. The number of benzene rings is 2. The first-order valence-electron chi connectivity index (χ1n) is 10.2. The molecule has 0 fully saturated rings. The number of anilines is 1. The average Bonchev–Trinajstić information content (AvgIpc) is 3.30. The van der Waals surface area contributed by atoms with E-state index in [-0.39, 0.29) is 12.5 Å². The molecule has 1 amide bonds. The molecule has 2 heterocycles. The molecule has 0 unspecified atom stereocenters. The number of nitrogens with one attached hydrogen (secondary N) is 1. The fourth-order valence-corrected chi connectivity index (χ4v) is 4.01. The molecule has 0 aliphatic rings. The molecule has 1 N–H and O–H groups in total. The maximum atomic E-state index is 12.3. The Hall–Kier alpha value is -3.51. The lowest BCUT2D eigenvalue weighted by Crippen LogP contribution is -2.20. The van der Waals surface area contributed by atoms with E-state index in [4.69, 9.17) is 9.72 Å². The molecule has 0 saturated carbocycles. The van der Waals surface area contributed by atoms with E-state index in [9.17, 15) is 4.79 Å². The van der Waals surface area contributed by atoms with Crippen molar-refractivity contribution >= 4 is 22.9 Å². The number of carbonyl (C=O) groups is 1. The highest BCUT2D eigenvalue weighted by atomic mass is 32.1. The Kier molecular flexibility index (Phi) is 6.69. The Labute approximate surface area is 185 Å². The monoisotopic (exact) mass is 429 g/mol. The van der Waals surface area contributed by atoms with Gasteiger partial charge >= 0.3 is 0 Å². The van der Waals surface area contributed by atoms with E-state index in [1.54, 1.807) is 23.7 Å². The van der Waals surface area contributed by atoms with E-state index >= 15 is 0 Å². The van der Waals surface area contributed by atoms with E-state index in [1.807, 2.05) is 66.0 Å². The third-order valence-corrected chi connectivity index (χ3v) is 5.60. The number of thiazole rings is 1. The van der Waals surface area contributed by atoms with Crippen LogP contribution in [0.25, 0.3) is 21.8 Å². The number of hydrogen-bond donors (Lipinski definition) is 1. The molecule has 0 radical (unpaired) electrons. The van der Waals surface area contributed by atoms with E-state index in [2.05, 4.69) is 17.2 Å². The molecule has 0 aliphatic carbocycles. The first kappa shape index (κ1) is 20.8. The average molecular weight is 430 g/mol. The minimum atomic E-state index is -0.203. The third kappa shape index (κ3) is 5.55. The van der Waals surface area contributed by atoms with Crippen LogP contribution in [0.1, 0.15) is 18.9 Å². The quantitative estimate of drug-likeness (QED) is 0.382. The molecule has 0 bridgehead atoms. The Morgan fingerprint density at radius 1 is 1.03 bits per heavy atom. The van der Waals surface area contributed by atoms with Gasteiger partial charge in [0.1, 0.15) is 10.8 Å². The van der Waals surface area contributed by atoms with E-state index in [1.165, 1.54) is 5.56 Å². The maximum Gasteiger partial charge on any atom is 0.262 e. The van der Waals surface area contributed by atoms with E-state index < -0.39 is 0 Å². The van der Waals surface area contributed by atoms with Crippen molar-refractivity contribution in [1.82, 2.24) is 9.97 Å². The second-order valence-corrected chi connectivity index (χ2v) is 7.94. The van der Waals surface area contributed by atoms with Crippen molar-refractivity contribution in [2.24, 2.45) is 0 Å². The summed E-state index contributed by atoms with van der Waals surface area (Å²) in [5, 5.41) is 5.85. The summed E-state index contributed by atoms with van der Waals surface area (Å²) in [6, 6.07) is 19.4. The smallest absolute Gasteiger partial charge is 0.262 e. The predicted octanol–water partition coefficient (Wildman–Crippen LogP) is 5.84. The van der Waals surface area contributed by atoms with E-state index in [0.29, 0.717) is 11.4 Å². The van der Waals surface area contributed by atoms with Gasteiger partial charge in [-0.1, -0.05) is 37.6 Å². The Morgan fingerprint density at radius 3 is 2.61 bits per heavy atom. The molecule has 6 heteroatoms. The summed E-state index contributed by atoms with van der Waals surface area (Å²) in [4.78, 5) is 21.1. The molecule has 0 saturated heterocycles. The standard InChI is InChI=1S/C25H23N3O2S/c1-2-4-18-7-9-22(10-8-18)30-16-24(29)27-21-6-3-5-20(15-21)23-17-31-25(28-23)19-11-13-26-14-12-19/h3,5-15,17H,2,4,16H2,1H3,(H,27,29). The zero-order valence-electron chi connectivity index (χ0n) is 17.2. The van der Waals surface area contributed by atoms with Gasteiger partial charge in [-0.05, 0) is 48.4 Å². The Bertz CT molecular complexity index is 1140. The third-order valence-electron chi connectivity index (χ3n) is 4.71. The summed E-state index contributed by atoms with van der Waals surface area (Å²) in [5.41, 5.74) is 4.84. The summed E-state index contributed by atoms with van der Waals surface area (Å²) in [6.07, 6.45) is 5.66. The minimum absolute atomic E-state index is 0.0414. The van der Waals surface area contributed by atoms with Crippen molar-refractivity contribution in [3.05, 3.63) is 84.0 Å². The molecule has 2 aromatic heterocycles. The highest BCUT2D eigenvalue weighted by Gasteiger charge is 2.09. The topological polar surface area (TPSA) is 64.1 Å². The van der Waals surface area contributed by atoms with Crippen LogP contribution < -0.4 is 10.1 Å². The number of hydrogen-bond acceptors (Lipinski definition) is 5. The number of ether oxygens (including phenoxy) is 1. The second-order valence-electron chi connectivity index (χ2n) is 7.09. The first-order chi connectivity index (χ1) is 15.2. The molecule has 156 valence electrons. The van der Waals surface area contributed by atoms with Crippen LogP contribution in [0, 0.1) is 0 Å². The molecule has 0 spiro atoms. The van der Waals surface area contributed by atoms with Gasteiger partial charge in [-0.25, -0.2) is 4.98 Å². The van der Waals surface area contributed by atoms with Gasteiger partial charge in [-0.2, -0.15) is 0 Å². The van der Waals surface area contributed by atoms with Crippen molar-refractivity contribution in [2.75, 3.05) is 11.9 Å². The van der Waals surface area contributed by atoms with Gasteiger partial charge in [0, 0.05) is 34.6 Å². The van der Waals surface area contributed by atoms with Crippen LogP contribution in [0.4, 0.5) is 5.69 Å². The highest BCUT2D eigenvalue weighted by molar-refractivity contribution is 7.13. The zero-order valence-corrected chi connectivity index (χ0v) is 18.1. The second kappa shape index (κ2) is 10.00. The number of nitrogens with zero attached hydrogens (tertiary/aromatic N) is 2. The Morgan fingerprint density at radius 2 is 1.84 bits per heavy atom. The van der Waals surface area contributed by atoms with Gasteiger partial charge in [0.05, 0.1) is 5.69 Å². The Balaban J connectivity index is 1.37. The summed E-state index contributed by atoms with van der Waals surface area (Å²) in [5.74, 6) is 0.486. The number of aryl methyl sites for hydroxylation is 1. The van der Waals surface area contributed by atoms with Crippen LogP contribution in [0.15, 0.2) is 78.4 Å². The van der Waals surface area contributed by atoms with E-state index in [0.717, 1.165) is 34.7 Å². The summed E-state index contributed by atoms with van der Waals surface area (Å²) < 4.78 is 5.61. The molecule has 31 heavy (non-hydrogen) atoms. The molecular weight excluding hydrogens is 406 g/mol. The summed E-state index contributed by atoms with van der Waals surface area (Å²) in [6.45, 7) is 2.11. The van der Waals surface area contributed by atoms with Gasteiger partial charge in [0.2, 0.25) is 0 Å². The van der Waals surface area contributed by atoms with Crippen molar-refractivity contribution in [3.63, 3.8) is 0 Å². The largest absolute Gasteiger partial charge is 0.484 e. The van der Waals surface area contributed by atoms with Crippen LogP contribution in [-0.4, -0.2) is 22.5 Å². The number of carbonyl (C=O) groups excluding carboxylic acids is 1. The molecule has 5 nitrogen and oxygen atoms in total. The molecule has 0 atom stereocenters. The maximum absolute atomic E-state index is 12.3. The molecular formula is C25H23N3O2S. The number of aromatic nitrogens is 2. The number of amides is 1. The fraction of sp³-hybridized carbons (Fsp3) is 0.160. The lowest BCUT2D eigenvalue weighted by molar-refractivity contribution is -0.118. The van der Waals surface area contributed by atoms with Gasteiger partial charge in [-0.3, -0.25) is 9.78 Å². The lowest BCUT2D eigenvalue weighted by Gasteiger charge is -2.09. The lowest BCUT2D eigenvalue weighted by atomic mass is 10.1. The molecule has 0 aliphatic heterocycles. The number of pyridine rings is 1. The molecule has 2 aromatic carbocycles. The van der Waals surface area contributed by atoms with Crippen LogP contribution in [0.5, 0.6) is 5.75 Å². The summed E-state index contributed by atoms with van der Waals surface area (Å²) >= 11 is 1.58. The summed E-state index contributed by atoms with van der Waals surface area (Å²) in [7, 11) is 0.